The molecule has 1 aromatic carbocycles. The molecule has 3 rings (SSSR count). The van der Waals surface area contributed by atoms with Crippen LogP contribution in [0.2, 0.25) is 0 Å². The van der Waals surface area contributed by atoms with E-state index in [9.17, 15) is 4.79 Å². The average Bonchev–Trinajstić information content (AvgIpc) is 3.09. The van der Waals surface area contributed by atoms with E-state index in [2.05, 4.69) is 17.1 Å². The van der Waals surface area contributed by atoms with Crippen molar-refractivity contribution >= 4 is 17.9 Å². The zero-order valence-electron chi connectivity index (χ0n) is 13.6. The third-order valence-corrected chi connectivity index (χ3v) is 6.21. The summed E-state index contributed by atoms with van der Waals surface area (Å²) in [5.74, 6) is 1.80. The molecule has 5 heteroatoms. The Balaban J connectivity index is 1.36. The van der Waals surface area contributed by atoms with Crippen LogP contribution in [0.1, 0.15) is 24.8 Å². The third kappa shape index (κ3) is 5.15. The first-order chi connectivity index (χ1) is 11.3. The number of carbonyl (C=O) groups is 1. The standard InChI is InChI=1S/C18H26N2O2S/c21-18(22-13-15-4-2-1-3-5-15)20-11-8-16(12-20)14-23-17-6-9-19-10-7-17/h1-5,16-17,19H,6-14H2. The second kappa shape index (κ2) is 8.60. The van der Waals surface area contributed by atoms with Gasteiger partial charge in [0.1, 0.15) is 6.61 Å². The van der Waals surface area contributed by atoms with E-state index in [-0.39, 0.29) is 6.09 Å². The molecular weight excluding hydrogens is 308 g/mol. The summed E-state index contributed by atoms with van der Waals surface area (Å²) >= 11 is 2.10. The largest absolute Gasteiger partial charge is 0.445 e. The van der Waals surface area contributed by atoms with E-state index in [1.165, 1.54) is 18.6 Å². The van der Waals surface area contributed by atoms with Crippen molar-refractivity contribution in [2.75, 3.05) is 31.9 Å². The van der Waals surface area contributed by atoms with E-state index in [1.807, 2.05) is 35.2 Å². The topological polar surface area (TPSA) is 41.6 Å². The van der Waals surface area contributed by atoms with Crippen LogP contribution in [-0.4, -0.2) is 48.2 Å². The van der Waals surface area contributed by atoms with Crippen LogP contribution >= 0.6 is 11.8 Å². The van der Waals surface area contributed by atoms with Crippen molar-refractivity contribution in [3.8, 4) is 0 Å². The SMILES string of the molecule is O=C(OCc1ccccc1)N1CCC(CSC2CCNCC2)C1. The van der Waals surface area contributed by atoms with Gasteiger partial charge in [0.2, 0.25) is 0 Å². The minimum Gasteiger partial charge on any atom is -0.445 e. The Morgan fingerprint density at radius 1 is 1.22 bits per heavy atom. The zero-order valence-corrected chi connectivity index (χ0v) is 14.4. The lowest BCUT2D eigenvalue weighted by Gasteiger charge is -2.23. The monoisotopic (exact) mass is 334 g/mol. The Labute approximate surface area is 143 Å². The molecule has 0 bridgehead atoms. The maximum Gasteiger partial charge on any atom is 0.410 e. The summed E-state index contributed by atoms with van der Waals surface area (Å²) in [7, 11) is 0. The molecule has 1 amide bonds. The number of hydrogen-bond acceptors (Lipinski definition) is 4. The van der Waals surface area contributed by atoms with Crippen molar-refractivity contribution in [3.05, 3.63) is 35.9 Å². The molecule has 0 aliphatic carbocycles. The Morgan fingerprint density at radius 2 is 2.00 bits per heavy atom. The molecule has 2 aliphatic rings. The van der Waals surface area contributed by atoms with Crippen LogP contribution in [0.15, 0.2) is 30.3 Å². The maximum atomic E-state index is 12.2. The van der Waals surface area contributed by atoms with Crippen LogP contribution < -0.4 is 5.32 Å². The fourth-order valence-corrected chi connectivity index (χ4v) is 4.56. The number of hydrogen-bond donors (Lipinski definition) is 1. The molecule has 1 N–H and O–H groups in total. The minimum atomic E-state index is -0.164. The Kier molecular flexibility index (Phi) is 6.22. The van der Waals surface area contributed by atoms with Gasteiger partial charge in [-0.1, -0.05) is 30.3 Å². The summed E-state index contributed by atoms with van der Waals surface area (Å²) in [6.45, 7) is 4.36. The van der Waals surface area contributed by atoms with Crippen molar-refractivity contribution in [3.63, 3.8) is 0 Å². The van der Waals surface area contributed by atoms with Crippen LogP contribution in [0.4, 0.5) is 4.79 Å². The summed E-state index contributed by atoms with van der Waals surface area (Å²) in [5.41, 5.74) is 1.04. The first-order valence-electron chi connectivity index (χ1n) is 8.59. The molecule has 1 aromatic rings. The van der Waals surface area contributed by atoms with E-state index >= 15 is 0 Å². The molecule has 0 radical (unpaired) electrons. The highest BCUT2D eigenvalue weighted by atomic mass is 32.2. The van der Waals surface area contributed by atoms with Crippen molar-refractivity contribution < 1.29 is 9.53 Å². The van der Waals surface area contributed by atoms with E-state index in [4.69, 9.17) is 4.74 Å². The van der Waals surface area contributed by atoms with Crippen molar-refractivity contribution in [2.24, 2.45) is 5.92 Å². The van der Waals surface area contributed by atoms with E-state index in [1.54, 1.807) is 0 Å². The number of benzene rings is 1. The van der Waals surface area contributed by atoms with Crippen molar-refractivity contribution in [1.29, 1.82) is 0 Å². The molecule has 2 heterocycles. The Hall–Kier alpha value is -1.20. The Bertz CT molecular complexity index is 491. The predicted molar refractivity (Wildman–Crippen MR) is 94.7 cm³/mol. The summed E-state index contributed by atoms with van der Waals surface area (Å²) in [4.78, 5) is 14.0. The first-order valence-corrected chi connectivity index (χ1v) is 9.64. The van der Waals surface area contributed by atoms with Crippen LogP contribution in [-0.2, 0) is 11.3 Å². The summed E-state index contributed by atoms with van der Waals surface area (Å²) in [6.07, 6.45) is 3.50. The summed E-state index contributed by atoms with van der Waals surface area (Å²) in [5, 5.41) is 4.21. The van der Waals surface area contributed by atoms with Crippen molar-refractivity contribution in [1.82, 2.24) is 10.2 Å². The van der Waals surface area contributed by atoms with Crippen LogP contribution in [0, 0.1) is 5.92 Å². The van der Waals surface area contributed by atoms with Gasteiger partial charge in [0.15, 0.2) is 0 Å². The number of piperidine rings is 1. The predicted octanol–water partition coefficient (Wildman–Crippen LogP) is 3.13. The van der Waals surface area contributed by atoms with Gasteiger partial charge in [0, 0.05) is 18.3 Å². The number of carbonyl (C=O) groups excluding carboxylic acids is 1. The number of thioether (sulfide) groups is 1. The molecule has 0 saturated carbocycles. The third-order valence-electron chi connectivity index (χ3n) is 4.60. The molecule has 1 atom stereocenters. The number of amides is 1. The minimum absolute atomic E-state index is 0.164. The molecule has 2 fully saturated rings. The van der Waals surface area contributed by atoms with Gasteiger partial charge in [0.25, 0.3) is 0 Å². The van der Waals surface area contributed by atoms with E-state index in [0.29, 0.717) is 12.5 Å². The highest BCUT2D eigenvalue weighted by Crippen LogP contribution is 2.27. The van der Waals surface area contributed by atoms with Gasteiger partial charge < -0.3 is 15.0 Å². The highest BCUT2D eigenvalue weighted by molar-refractivity contribution is 7.99. The number of nitrogens with zero attached hydrogens (tertiary/aromatic N) is 1. The van der Waals surface area contributed by atoms with Gasteiger partial charge in [-0.15, -0.1) is 0 Å². The van der Waals surface area contributed by atoms with Crippen molar-refractivity contribution in [2.45, 2.75) is 31.1 Å². The quantitative estimate of drug-likeness (QED) is 0.898. The summed E-state index contributed by atoms with van der Waals surface area (Å²) < 4.78 is 5.43. The second-order valence-corrected chi connectivity index (χ2v) is 7.76. The fourth-order valence-electron chi connectivity index (χ4n) is 3.18. The molecule has 1 unspecified atom stereocenters. The van der Waals surface area contributed by atoms with Gasteiger partial charge in [-0.05, 0) is 49.6 Å². The number of rotatable bonds is 5. The molecule has 2 saturated heterocycles. The van der Waals surface area contributed by atoms with Crippen LogP contribution in [0.3, 0.4) is 0 Å². The smallest absolute Gasteiger partial charge is 0.410 e. The van der Waals surface area contributed by atoms with Gasteiger partial charge in [-0.3, -0.25) is 0 Å². The van der Waals surface area contributed by atoms with E-state index < -0.39 is 0 Å². The van der Waals surface area contributed by atoms with Gasteiger partial charge in [0.05, 0.1) is 0 Å². The highest BCUT2D eigenvalue weighted by Gasteiger charge is 2.28. The lowest BCUT2D eigenvalue weighted by molar-refractivity contribution is 0.103. The lowest BCUT2D eigenvalue weighted by atomic mass is 10.1. The molecular formula is C18H26N2O2S. The molecule has 0 aromatic heterocycles. The second-order valence-electron chi connectivity index (χ2n) is 6.42. The molecule has 2 aliphatic heterocycles. The van der Waals surface area contributed by atoms with Crippen LogP contribution in [0.5, 0.6) is 0 Å². The average molecular weight is 334 g/mol. The molecule has 4 nitrogen and oxygen atoms in total. The fraction of sp³-hybridized carbons (Fsp3) is 0.611. The molecule has 23 heavy (non-hydrogen) atoms. The van der Waals surface area contributed by atoms with Gasteiger partial charge in [-0.25, -0.2) is 4.79 Å². The molecule has 0 spiro atoms. The normalized spacial score (nSPS) is 22.3. The number of likely N-dealkylation sites (tertiary alicyclic amines) is 1. The van der Waals surface area contributed by atoms with Gasteiger partial charge in [-0.2, -0.15) is 11.8 Å². The van der Waals surface area contributed by atoms with Gasteiger partial charge >= 0.3 is 6.09 Å². The Morgan fingerprint density at radius 3 is 2.78 bits per heavy atom. The van der Waals surface area contributed by atoms with Crippen LogP contribution in [0.25, 0.3) is 0 Å². The summed E-state index contributed by atoms with van der Waals surface area (Å²) in [6, 6.07) is 9.86. The lowest BCUT2D eigenvalue weighted by Crippen LogP contribution is -2.31. The maximum absolute atomic E-state index is 12.2. The van der Waals surface area contributed by atoms with E-state index in [0.717, 1.165) is 43.4 Å². The first kappa shape index (κ1) is 16.7. The number of nitrogens with one attached hydrogen (secondary N) is 1. The molecule has 126 valence electrons. The number of ether oxygens (including phenoxy) is 1. The zero-order chi connectivity index (χ0) is 15.9.